The molecule has 5 nitrogen and oxygen atoms in total. The Labute approximate surface area is 82.6 Å². The van der Waals surface area contributed by atoms with Gasteiger partial charge < -0.3 is 18.9 Å². The summed E-state index contributed by atoms with van der Waals surface area (Å²) in [5.41, 5.74) is 0.838. The number of esters is 1. The summed E-state index contributed by atoms with van der Waals surface area (Å²) < 4.78 is 19.7. The number of carbonyl (C=O) groups excluding carboxylic acids is 1. The molecule has 1 aliphatic heterocycles. The van der Waals surface area contributed by atoms with Crippen molar-refractivity contribution >= 4 is 5.97 Å². The summed E-state index contributed by atoms with van der Waals surface area (Å²) in [4.78, 5) is 10.6. The van der Waals surface area contributed by atoms with Crippen LogP contribution in [0.5, 0.6) is 0 Å². The molecule has 80 valence electrons. The van der Waals surface area contributed by atoms with Crippen LogP contribution in [0.3, 0.4) is 0 Å². The van der Waals surface area contributed by atoms with Crippen molar-refractivity contribution in [2.45, 2.75) is 0 Å². The molecule has 0 aliphatic carbocycles. The van der Waals surface area contributed by atoms with Crippen molar-refractivity contribution in [1.82, 2.24) is 0 Å². The Morgan fingerprint density at radius 1 is 1.43 bits per heavy atom. The highest BCUT2D eigenvalue weighted by molar-refractivity contribution is 5.85. The summed E-state index contributed by atoms with van der Waals surface area (Å²) in [6, 6.07) is 0. The second-order valence-corrected chi connectivity index (χ2v) is 2.78. The topological polar surface area (TPSA) is 54.0 Å². The Bertz CT molecular complexity index is 211. The van der Waals surface area contributed by atoms with E-state index in [1.165, 1.54) is 6.08 Å². The van der Waals surface area contributed by atoms with Gasteiger partial charge in [0.05, 0.1) is 19.8 Å². The van der Waals surface area contributed by atoms with Gasteiger partial charge in [0, 0.05) is 13.2 Å². The van der Waals surface area contributed by atoms with Crippen molar-refractivity contribution in [3.05, 3.63) is 11.6 Å². The minimum Gasteiger partial charge on any atom is -0.458 e. The van der Waals surface area contributed by atoms with Crippen LogP contribution in [0.25, 0.3) is 0 Å². The lowest BCUT2D eigenvalue weighted by molar-refractivity contribution is -0.135. The van der Waals surface area contributed by atoms with Gasteiger partial charge in [0.25, 0.3) is 0 Å². The number of rotatable bonds is 7. The summed E-state index contributed by atoms with van der Waals surface area (Å²) in [5.74, 6) is -0.302. The van der Waals surface area contributed by atoms with Gasteiger partial charge in [-0.2, -0.15) is 0 Å². The maximum atomic E-state index is 10.6. The van der Waals surface area contributed by atoms with E-state index in [1.54, 1.807) is 7.11 Å². The molecule has 0 spiro atoms. The molecule has 1 aliphatic rings. The highest BCUT2D eigenvalue weighted by Crippen LogP contribution is 2.05. The number of ether oxygens (including phenoxy) is 4. The van der Waals surface area contributed by atoms with Gasteiger partial charge in [-0.25, -0.2) is 4.79 Å². The molecule has 0 aromatic heterocycles. The van der Waals surface area contributed by atoms with Crippen LogP contribution in [0.1, 0.15) is 0 Å². The fourth-order valence-electron chi connectivity index (χ4n) is 0.930. The predicted octanol–water partition coefficient (Wildman–Crippen LogP) is 0.107. The molecule has 0 atom stereocenters. The quantitative estimate of drug-likeness (QED) is 0.333. The van der Waals surface area contributed by atoms with Crippen molar-refractivity contribution in [2.75, 3.05) is 40.3 Å². The zero-order valence-electron chi connectivity index (χ0n) is 8.15. The molecule has 0 unspecified atom stereocenters. The third-order valence-corrected chi connectivity index (χ3v) is 1.61. The molecule has 14 heavy (non-hydrogen) atoms. The van der Waals surface area contributed by atoms with Gasteiger partial charge >= 0.3 is 5.97 Å². The Hall–Kier alpha value is -0.910. The molecule has 0 bridgehead atoms. The SMILES string of the molecule is COCCOCOCC1=CC(=O)OC1. The summed E-state index contributed by atoms with van der Waals surface area (Å²) in [6.45, 7) is 1.96. The van der Waals surface area contributed by atoms with Crippen LogP contribution in [-0.2, 0) is 23.7 Å². The van der Waals surface area contributed by atoms with Crippen molar-refractivity contribution < 1.29 is 23.7 Å². The van der Waals surface area contributed by atoms with E-state index in [0.717, 1.165) is 5.57 Å². The van der Waals surface area contributed by atoms with Gasteiger partial charge in [-0.3, -0.25) is 0 Å². The molecule has 0 N–H and O–H groups in total. The van der Waals surface area contributed by atoms with Gasteiger partial charge in [0.1, 0.15) is 13.4 Å². The van der Waals surface area contributed by atoms with Crippen molar-refractivity contribution in [3.63, 3.8) is 0 Å². The minimum absolute atomic E-state index is 0.203. The third kappa shape index (κ3) is 4.36. The highest BCUT2D eigenvalue weighted by atomic mass is 16.7. The monoisotopic (exact) mass is 202 g/mol. The predicted molar refractivity (Wildman–Crippen MR) is 47.7 cm³/mol. The average molecular weight is 202 g/mol. The van der Waals surface area contributed by atoms with Crippen LogP contribution in [0.15, 0.2) is 11.6 Å². The summed E-state index contributed by atoms with van der Waals surface area (Å²) in [5, 5.41) is 0. The van der Waals surface area contributed by atoms with E-state index in [-0.39, 0.29) is 12.8 Å². The Balaban J connectivity index is 1.94. The lowest BCUT2D eigenvalue weighted by Gasteiger charge is -2.04. The standard InChI is InChI=1S/C9H14O5/c1-11-2-3-12-7-13-5-8-4-9(10)14-6-8/h4H,2-3,5-7H2,1H3. The van der Waals surface area contributed by atoms with E-state index in [4.69, 9.17) is 14.2 Å². The molecule has 0 aromatic rings. The Kier molecular flexibility index (Phi) is 5.21. The first-order chi connectivity index (χ1) is 6.83. The van der Waals surface area contributed by atoms with Crippen LogP contribution < -0.4 is 0 Å². The molecule has 0 fully saturated rings. The molecule has 0 aromatic carbocycles. The Morgan fingerprint density at radius 2 is 2.29 bits per heavy atom. The van der Waals surface area contributed by atoms with Crippen LogP contribution in [0, 0.1) is 0 Å². The normalized spacial score (nSPS) is 15.5. The van der Waals surface area contributed by atoms with Crippen molar-refractivity contribution in [1.29, 1.82) is 0 Å². The zero-order valence-corrected chi connectivity index (χ0v) is 8.15. The van der Waals surface area contributed by atoms with Crippen LogP contribution in [0.2, 0.25) is 0 Å². The van der Waals surface area contributed by atoms with E-state index in [9.17, 15) is 4.79 Å². The van der Waals surface area contributed by atoms with Gasteiger partial charge in [-0.15, -0.1) is 0 Å². The fourth-order valence-corrected chi connectivity index (χ4v) is 0.930. The molecular formula is C9H14O5. The maximum Gasteiger partial charge on any atom is 0.331 e. The number of hydrogen-bond acceptors (Lipinski definition) is 5. The second kappa shape index (κ2) is 6.53. The molecule has 0 saturated carbocycles. The van der Waals surface area contributed by atoms with E-state index in [1.807, 2.05) is 0 Å². The van der Waals surface area contributed by atoms with E-state index in [2.05, 4.69) is 4.74 Å². The highest BCUT2D eigenvalue weighted by Gasteiger charge is 2.12. The number of carbonyl (C=O) groups is 1. The molecule has 0 saturated heterocycles. The summed E-state index contributed by atoms with van der Waals surface area (Å²) in [6.07, 6.45) is 1.44. The second-order valence-electron chi connectivity index (χ2n) is 2.78. The number of methoxy groups -OCH3 is 1. The summed E-state index contributed by atoms with van der Waals surface area (Å²) >= 11 is 0. The van der Waals surface area contributed by atoms with Crippen LogP contribution in [0.4, 0.5) is 0 Å². The van der Waals surface area contributed by atoms with Gasteiger partial charge in [-0.05, 0) is 5.57 Å². The van der Waals surface area contributed by atoms with Gasteiger partial charge in [0.15, 0.2) is 0 Å². The molecule has 0 amide bonds. The summed E-state index contributed by atoms with van der Waals surface area (Å²) in [7, 11) is 1.61. The molecular weight excluding hydrogens is 188 g/mol. The molecule has 5 heteroatoms. The first-order valence-electron chi connectivity index (χ1n) is 4.33. The minimum atomic E-state index is -0.302. The lowest BCUT2D eigenvalue weighted by atomic mass is 10.3. The number of hydrogen-bond donors (Lipinski definition) is 0. The van der Waals surface area contributed by atoms with Gasteiger partial charge in [0.2, 0.25) is 0 Å². The largest absolute Gasteiger partial charge is 0.458 e. The smallest absolute Gasteiger partial charge is 0.331 e. The van der Waals surface area contributed by atoms with E-state index < -0.39 is 0 Å². The van der Waals surface area contributed by atoms with Crippen molar-refractivity contribution in [3.8, 4) is 0 Å². The van der Waals surface area contributed by atoms with Gasteiger partial charge in [-0.1, -0.05) is 0 Å². The van der Waals surface area contributed by atoms with Crippen molar-refractivity contribution in [2.24, 2.45) is 0 Å². The average Bonchev–Trinajstić information content (AvgIpc) is 2.58. The number of cyclic esters (lactones) is 1. The van der Waals surface area contributed by atoms with Crippen LogP contribution in [-0.4, -0.2) is 46.3 Å². The fraction of sp³-hybridized carbons (Fsp3) is 0.667. The third-order valence-electron chi connectivity index (χ3n) is 1.61. The molecule has 1 rings (SSSR count). The Morgan fingerprint density at radius 3 is 2.93 bits per heavy atom. The molecule has 0 radical (unpaired) electrons. The van der Waals surface area contributed by atoms with E-state index >= 15 is 0 Å². The maximum absolute atomic E-state index is 10.6. The van der Waals surface area contributed by atoms with E-state index in [0.29, 0.717) is 26.4 Å². The first kappa shape index (κ1) is 11.2. The molecule has 1 heterocycles. The first-order valence-corrected chi connectivity index (χ1v) is 4.33. The zero-order chi connectivity index (χ0) is 10.2. The lowest BCUT2D eigenvalue weighted by Crippen LogP contribution is -2.08. The van der Waals surface area contributed by atoms with Crippen LogP contribution >= 0.6 is 0 Å².